The third kappa shape index (κ3) is 40.9. The van der Waals surface area contributed by atoms with Gasteiger partial charge >= 0.3 is 14.5 Å². The summed E-state index contributed by atoms with van der Waals surface area (Å²) in [5, 5.41) is 9.41. The molecule has 2 atom stereocenters. The van der Waals surface area contributed by atoms with E-state index in [2.05, 4.69) is 58.8 Å². The van der Waals surface area contributed by atoms with Crippen molar-refractivity contribution in [2.75, 3.05) is 39.5 Å². The Kier molecular flexibility index (Phi) is 43.4. The fraction of sp³-hybridized carbons (Fsp3) is 0.981. The number of aliphatic hydroxyl groups is 1. The average Bonchev–Trinajstić information content (AvgIpc) is 3.22. The van der Waals surface area contributed by atoms with E-state index >= 15 is 0 Å². The molecule has 0 aliphatic heterocycles. The van der Waals surface area contributed by atoms with Crippen LogP contribution in [0.15, 0.2) is 0 Å². The number of esters is 1. The SMILES string of the molecule is CCCCCCCCC(CCCCCC)C(=O)OCCCCCCN(CCCCO)CCCCCCOC(CCCCCCC)O[Si](C)(C)O[Si](C)(C)CCCCCCCC. The predicted octanol–water partition coefficient (Wildman–Crippen LogP) is 16.1. The van der Waals surface area contributed by atoms with E-state index < -0.39 is 16.9 Å². The topological polar surface area (TPSA) is 77.5 Å². The molecule has 0 bridgehead atoms. The van der Waals surface area contributed by atoms with Crippen molar-refractivity contribution in [3.8, 4) is 0 Å². The Morgan fingerprint density at radius 3 is 1.43 bits per heavy atom. The zero-order valence-electron chi connectivity index (χ0n) is 42.6. The largest absolute Gasteiger partial charge is 0.465 e. The van der Waals surface area contributed by atoms with Gasteiger partial charge in [-0.3, -0.25) is 4.79 Å². The van der Waals surface area contributed by atoms with Crippen molar-refractivity contribution in [2.24, 2.45) is 5.92 Å². The van der Waals surface area contributed by atoms with E-state index in [1.54, 1.807) is 0 Å². The highest BCUT2D eigenvalue weighted by Crippen LogP contribution is 2.26. The van der Waals surface area contributed by atoms with Crippen molar-refractivity contribution in [3.63, 3.8) is 0 Å². The van der Waals surface area contributed by atoms with E-state index in [4.69, 9.17) is 18.0 Å². The van der Waals surface area contributed by atoms with E-state index in [-0.39, 0.29) is 24.8 Å². The second kappa shape index (κ2) is 43.6. The molecular weight excluding hydrogens is 791 g/mol. The molecule has 0 aliphatic carbocycles. The van der Waals surface area contributed by atoms with Gasteiger partial charge in [0, 0.05) is 13.2 Å². The van der Waals surface area contributed by atoms with Gasteiger partial charge in [-0.2, -0.15) is 0 Å². The van der Waals surface area contributed by atoms with Crippen molar-refractivity contribution in [2.45, 2.75) is 285 Å². The van der Waals surface area contributed by atoms with Gasteiger partial charge < -0.3 is 28.0 Å². The van der Waals surface area contributed by atoms with Crippen LogP contribution in [0.25, 0.3) is 0 Å². The number of rotatable bonds is 49. The summed E-state index contributed by atoms with van der Waals surface area (Å²) in [6.45, 7) is 23.2. The Balaban J connectivity index is 4.65. The van der Waals surface area contributed by atoms with Crippen molar-refractivity contribution in [3.05, 3.63) is 0 Å². The van der Waals surface area contributed by atoms with Crippen LogP contribution in [0.4, 0.5) is 0 Å². The van der Waals surface area contributed by atoms with Crippen molar-refractivity contribution in [1.82, 2.24) is 4.90 Å². The average molecular weight is 901 g/mol. The molecular formula is C52H109NO6Si2. The molecule has 0 radical (unpaired) electrons. The Morgan fingerprint density at radius 2 is 0.902 bits per heavy atom. The van der Waals surface area contributed by atoms with Gasteiger partial charge in [-0.05, 0) is 116 Å². The van der Waals surface area contributed by atoms with Crippen LogP contribution in [0, 0.1) is 5.92 Å². The molecule has 9 heteroatoms. The highest BCUT2D eigenvalue weighted by atomic mass is 28.4. The first-order valence-corrected chi connectivity index (χ1v) is 33.0. The first kappa shape index (κ1) is 60.7. The molecule has 2 unspecified atom stereocenters. The van der Waals surface area contributed by atoms with Gasteiger partial charge in [-0.1, -0.05) is 182 Å². The summed E-state index contributed by atoms with van der Waals surface area (Å²) in [5.41, 5.74) is 0. The summed E-state index contributed by atoms with van der Waals surface area (Å²) >= 11 is 0. The monoisotopic (exact) mass is 900 g/mol. The summed E-state index contributed by atoms with van der Waals surface area (Å²) in [7, 11) is -4.10. The standard InChI is InChI=1S/C52H109NO6Si2/c1-9-13-17-21-24-31-41-50(40-30-20-16-12-4)52(55)57-48-38-28-26-34-44-53(45-35-36-46-54)43-33-25-27-37-47-56-51(42-32-23-19-15-11-3)58-61(7,8)59-60(5,6)49-39-29-22-18-14-10-2/h50-51,54H,9-49H2,1-8H3. The van der Waals surface area contributed by atoms with Crippen LogP contribution in [0.1, 0.15) is 246 Å². The summed E-state index contributed by atoms with van der Waals surface area (Å²) in [6, 6.07) is 1.22. The number of ether oxygens (including phenoxy) is 2. The number of aliphatic hydroxyl groups excluding tert-OH is 1. The molecule has 61 heavy (non-hydrogen) atoms. The zero-order chi connectivity index (χ0) is 45.1. The lowest BCUT2D eigenvalue weighted by molar-refractivity contribution is -0.149. The minimum atomic E-state index is -2.32. The van der Waals surface area contributed by atoms with Gasteiger partial charge in [-0.25, -0.2) is 0 Å². The van der Waals surface area contributed by atoms with Crippen LogP contribution in [0.5, 0.6) is 0 Å². The summed E-state index contributed by atoms with van der Waals surface area (Å²) in [5.74, 6) is 0.157. The highest BCUT2D eigenvalue weighted by Gasteiger charge is 2.36. The minimum absolute atomic E-state index is 0.0627. The van der Waals surface area contributed by atoms with Crippen LogP contribution in [0.3, 0.4) is 0 Å². The van der Waals surface area contributed by atoms with Crippen LogP contribution in [-0.2, 0) is 22.8 Å². The molecule has 0 aromatic rings. The van der Waals surface area contributed by atoms with Crippen LogP contribution < -0.4 is 0 Å². The van der Waals surface area contributed by atoms with Gasteiger partial charge in [-0.15, -0.1) is 0 Å². The molecule has 0 aliphatic rings. The molecule has 1 N–H and O–H groups in total. The lowest BCUT2D eigenvalue weighted by atomic mass is 9.94. The molecule has 0 amide bonds. The van der Waals surface area contributed by atoms with Crippen molar-refractivity contribution >= 4 is 22.8 Å². The second-order valence-corrected chi connectivity index (χ2v) is 27.6. The summed E-state index contributed by atoms with van der Waals surface area (Å²) in [6.07, 6.45) is 40.6. The number of unbranched alkanes of at least 4 members (excludes halogenated alkanes) is 24. The molecule has 0 rings (SSSR count). The Labute approximate surface area is 384 Å². The van der Waals surface area contributed by atoms with E-state index in [9.17, 15) is 9.90 Å². The molecule has 0 saturated carbocycles. The van der Waals surface area contributed by atoms with E-state index in [1.165, 1.54) is 154 Å². The first-order valence-electron chi connectivity index (χ1n) is 27.0. The molecule has 366 valence electrons. The fourth-order valence-corrected chi connectivity index (χ4v) is 16.6. The molecule has 0 aromatic carbocycles. The minimum Gasteiger partial charge on any atom is -0.465 e. The summed E-state index contributed by atoms with van der Waals surface area (Å²) < 4.78 is 26.0. The van der Waals surface area contributed by atoms with Crippen LogP contribution in [-0.4, -0.2) is 78.6 Å². The van der Waals surface area contributed by atoms with Gasteiger partial charge in [0.2, 0.25) is 0 Å². The van der Waals surface area contributed by atoms with Crippen molar-refractivity contribution < 1.29 is 27.9 Å². The maximum Gasteiger partial charge on any atom is 0.323 e. The van der Waals surface area contributed by atoms with E-state index in [0.717, 1.165) is 96.9 Å². The fourth-order valence-electron chi connectivity index (χ4n) is 8.72. The summed E-state index contributed by atoms with van der Waals surface area (Å²) in [4.78, 5) is 15.7. The number of hydrogen-bond acceptors (Lipinski definition) is 7. The number of hydrogen-bond donors (Lipinski definition) is 1. The molecule has 0 fully saturated rings. The molecule has 7 nitrogen and oxygen atoms in total. The van der Waals surface area contributed by atoms with E-state index in [1.807, 2.05) is 0 Å². The van der Waals surface area contributed by atoms with E-state index in [0.29, 0.717) is 6.61 Å². The Morgan fingerprint density at radius 1 is 0.492 bits per heavy atom. The van der Waals surface area contributed by atoms with Gasteiger partial charge in [0.1, 0.15) is 6.29 Å². The molecule has 0 aromatic heterocycles. The highest BCUT2D eigenvalue weighted by molar-refractivity contribution is 6.82. The number of carbonyl (C=O) groups is 1. The Hall–Kier alpha value is -0.296. The quantitative estimate of drug-likeness (QED) is 0.0282. The molecule has 0 heterocycles. The smallest absolute Gasteiger partial charge is 0.323 e. The lowest BCUT2D eigenvalue weighted by Crippen LogP contribution is -2.48. The third-order valence-electron chi connectivity index (χ3n) is 12.4. The van der Waals surface area contributed by atoms with Crippen LogP contribution in [0.2, 0.25) is 32.2 Å². The normalized spacial score (nSPS) is 13.3. The van der Waals surface area contributed by atoms with Crippen molar-refractivity contribution in [1.29, 1.82) is 0 Å². The Bertz CT molecular complexity index is 924. The third-order valence-corrected chi connectivity index (χ3v) is 19.0. The predicted molar refractivity (Wildman–Crippen MR) is 269 cm³/mol. The number of carbonyl (C=O) groups excluding carboxylic acids is 1. The first-order chi connectivity index (χ1) is 29.5. The van der Waals surface area contributed by atoms with Gasteiger partial charge in [0.25, 0.3) is 0 Å². The van der Waals surface area contributed by atoms with Crippen LogP contribution >= 0.6 is 0 Å². The maximum absolute atomic E-state index is 13.0. The van der Waals surface area contributed by atoms with Gasteiger partial charge in [0.05, 0.1) is 12.5 Å². The molecule has 0 spiro atoms. The molecule has 0 saturated heterocycles. The van der Waals surface area contributed by atoms with Gasteiger partial charge in [0.15, 0.2) is 8.32 Å². The zero-order valence-corrected chi connectivity index (χ0v) is 44.6. The second-order valence-electron chi connectivity index (χ2n) is 19.8. The number of nitrogens with zero attached hydrogens (tertiary/aromatic N) is 1. The lowest BCUT2D eigenvalue weighted by Gasteiger charge is -2.36. The maximum atomic E-state index is 13.0.